The van der Waals surface area contributed by atoms with Crippen LogP contribution in [0.1, 0.15) is 44.6 Å². The minimum Gasteiger partial charge on any atom is -0.369 e. The number of hydrogen-bond acceptors (Lipinski definition) is 2. The summed E-state index contributed by atoms with van der Waals surface area (Å²) in [4.78, 5) is 0. The van der Waals surface area contributed by atoms with E-state index in [0.29, 0.717) is 6.61 Å². The number of halogens is 1. The number of nitrogens with one attached hydrogen (secondary N) is 1. The van der Waals surface area contributed by atoms with Crippen LogP contribution in [-0.4, -0.2) is 18.7 Å². The molecule has 1 N–H and O–H groups in total. The third-order valence-corrected chi connectivity index (χ3v) is 4.39. The first-order valence-corrected chi connectivity index (χ1v) is 8.12. The molecule has 106 valence electrons. The van der Waals surface area contributed by atoms with Gasteiger partial charge in [-0.3, -0.25) is 0 Å². The molecule has 0 unspecified atom stereocenters. The monoisotopic (exact) mass is 325 g/mol. The second-order valence-electron chi connectivity index (χ2n) is 5.44. The van der Waals surface area contributed by atoms with Crippen molar-refractivity contribution in [2.24, 2.45) is 0 Å². The maximum Gasteiger partial charge on any atom is 0.0810 e. The quantitative estimate of drug-likeness (QED) is 0.842. The molecule has 0 amide bonds. The summed E-state index contributed by atoms with van der Waals surface area (Å²) >= 11 is 3.52. The van der Waals surface area contributed by atoms with Gasteiger partial charge in [-0.05, 0) is 37.1 Å². The Labute approximate surface area is 125 Å². The van der Waals surface area contributed by atoms with Crippen molar-refractivity contribution in [2.45, 2.75) is 51.2 Å². The van der Waals surface area contributed by atoms with Crippen LogP contribution >= 0.6 is 15.9 Å². The zero-order valence-corrected chi connectivity index (χ0v) is 13.3. The molecule has 1 fully saturated rings. The fourth-order valence-corrected chi connectivity index (χ4v) is 3.23. The van der Waals surface area contributed by atoms with Gasteiger partial charge in [-0.15, -0.1) is 0 Å². The van der Waals surface area contributed by atoms with E-state index >= 15 is 0 Å². The molecule has 0 aromatic heterocycles. The molecule has 19 heavy (non-hydrogen) atoms. The fourth-order valence-electron chi connectivity index (χ4n) is 2.78. The summed E-state index contributed by atoms with van der Waals surface area (Å²) < 4.78 is 7.45. The summed E-state index contributed by atoms with van der Waals surface area (Å²) in [5, 5.41) is 3.47. The Morgan fingerprint density at radius 1 is 1.26 bits per heavy atom. The van der Waals surface area contributed by atoms with Gasteiger partial charge in [0.25, 0.3) is 0 Å². The Morgan fingerprint density at radius 2 is 2.05 bits per heavy atom. The third-order valence-electron chi connectivity index (χ3n) is 3.90. The lowest BCUT2D eigenvalue weighted by Crippen LogP contribution is -2.44. The SMILES string of the molecule is CCNCC1(OCc2cccc(Br)c2)CCCCC1. The number of benzene rings is 1. The maximum atomic E-state index is 6.33. The van der Waals surface area contributed by atoms with Crippen molar-refractivity contribution in [3.8, 4) is 0 Å². The average Bonchev–Trinajstić information content (AvgIpc) is 2.44. The molecule has 0 aliphatic heterocycles. The maximum absolute atomic E-state index is 6.33. The molecule has 1 saturated carbocycles. The van der Waals surface area contributed by atoms with Gasteiger partial charge in [-0.25, -0.2) is 0 Å². The molecule has 1 aliphatic carbocycles. The highest BCUT2D eigenvalue weighted by molar-refractivity contribution is 9.10. The smallest absolute Gasteiger partial charge is 0.0810 e. The van der Waals surface area contributed by atoms with Crippen molar-refractivity contribution in [3.05, 3.63) is 34.3 Å². The van der Waals surface area contributed by atoms with Crippen LogP contribution < -0.4 is 5.32 Å². The predicted octanol–water partition coefficient (Wildman–Crippen LogP) is 4.28. The average molecular weight is 326 g/mol. The minimum atomic E-state index is 0.0522. The second kappa shape index (κ2) is 7.41. The van der Waals surface area contributed by atoms with Gasteiger partial charge in [-0.2, -0.15) is 0 Å². The van der Waals surface area contributed by atoms with Crippen molar-refractivity contribution >= 4 is 15.9 Å². The first-order valence-electron chi connectivity index (χ1n) is 7.33. The largest absolute Gasteiger partial charge is 0.369 e. The topological polar surface area (TPSA) is 21.3 Å². The van der Waals surface area contributed by atoms with Crippen LogP contribution in [0, 0.1) is 0 Å². The molecule has 0 bridgehead atoms. The Morgan fingerprint density at radius 3 is 2.74 bits per heavy atom. The van der Waals surface area contributed by atoms with Crippen LogP contribution in [0.25, 0.3) is 0 Å². The molecule has 1 aliphatic rings. The van der Waals surface area contributed by atoms with Gasteiger partial charge in [0, 0.05) is 11.0 Å². The van der Waals surface area contributed by atoms with Crippen LogP contribution in [0.3, 0.4) is 0 Å². The van der Waals surface area contributed by atoms with Gasteiger partial charge in [-0.1, -0.05) is 54.2 Å². The van der Waals surface area contributed by atoms with Crippen molar-refractivity contribution in [2.75, 3.05) is 13.1 Å². The van der Waals surface area contributed by atoms with E-state index in [9.17, 15) is 0 Å². The number of likely N-dealkylation sites (N-methyl/N-ethyl adjacent to an activating group) is 1. The van der Waals surface area contributed by atoms with E-state index in [4.69, 9.17) is 4.74 Å². The highest BCUT2D eigenvalue weighted by Gasteiger charge is 2.32. The van der Waals surface area contributed by atoms with Gasteiger partial charge >= 0.3 is 0 Å². The van der Waals surface area contributed by atoms with Gasteiger partial charge in [0.2, 0.25) is 0 Å². The Kier molecular flexibility index (Phi) is 5.86. The molecule has 1 aromatic rings. The van der Waals surface area contributed by atoms with Crippen LogP contribution in [-0.2, 0) is 11.3 Å². The van der Waals surface area contributed by atoms with E-state index in [-0.39, 0.29) is 5.60 Å². The van der Waals surface area contributed by atoms with E-state index in [1.54, 1.807) is 0 Å². The summed E-state index contributed by atoms with van der Waals surface area (Å²) in [6.07, 6.45) is 6.32. The molecule has 1 aromatic carbocycles. The molecule has 2 rings (SSSR count). The highest BCUT2D eigenvalue weighted by atomic mass is 79.9. The predicted molar refractivity (Wildman–Crippen MR) is 83.3 cm³/mol. The second-order valence-corrected chi connectivity index (χ2v) is 6.36. The van der Waals surface area contributed by atoms with Crippen LogP contribution in [0.2, 0.25) is 0 Å². The molecule has 0 atom stereocenters. The highest BCUT2D eigenvalue weighted by Crippen LogP contribution is 2.32. The minimum absolute atomic E-state index is 0.0522. The zero-order valence-electron chi connectivity index (χ0n) is 11.8. The lowest BCUT2D eigenvalue weighted by atomic mass is 9.84. The molecule has 0 spiro atoms. The number of rotatable bonds is 6. The summed E-state index contributed by atoms with van der Waals surface area (Å²) in [6.45, 7) is 4.87. The zero-order chi connectivity index (χ0) is 13.6. The van der Waals surface area contributed by atoms with E-state index < -0.39 is 0 Å². The van der Waals surface area contributed by atoms with Crippen molar-refractivity contribution in [1.29, 1.82) is 0 Å². The molecular weight excluding hydrogens is 302 g/mol. The first kappa shape index (κ1) is 15.0. The fraction of sp³-hybridized carbons (Fsp3) is 0.625. The lowest BCUT2D eigenvalue weighted by molar-refractivity contribution is -0.0782. The Bertz CT molecular complexity index is 388. The molecule has 0 saturated heterocycles. The van der Waals surface area contributed by atoms with E-state index in [2.05, 4.69) is 52.4 Å². The standard InChI is InChI=1S/C16H24BrNO/c1-2-18-13-16(9-4-3-5-10-16)19-12-14-7-6-8-15(17)11-14/h6-8,11,18H,2-5,9-10,12-13H2,1H3. The summed E-state index contributed by atoms with van der Waals surface area (Å²) in [5.41, 5.74) is 1.30. The third kappa shape index (κ3) is 4.59. The van der Waals surface area contributed by atoms with E-state index in [0.717, 1.165) is 17.6 Å². The van der Waals surface area contributed by atoms with Gasteiger partial charge in [0.05, 0.1) is 12.2 Å². The molecule has 0 heterocycles. The number of ether oxygens (including phenoxy) is 1. The lowest BCUT2D eigenvalue weighted by Gasteiger charge is -2.37. The van der Waals surface area contributed by atoms with Crippen LogP contribution in [0.5, 0.6) is 0 Å². The summed E-state index contributed by atoms with van der Waals surface area (Å²) in [7, 11) is 0. The molecular formula is C16H24BrNO. The van der Waals surface area contributed by atoms with Gasteiger partial charge < -0.3 is 10.1 Å². The van der Waals surface area contributed by atoms with Crippen molar-refractivity contribution in [3.63, 3.8) is 0 Å². The van der Waals surface area contributed by atoms with Gasteiger partial charge in [0.1, 0.15) is 0 Å². The Balaban J connectivity index is 1.95. The summed E-state index contributed by atoms with van der Waals surface area (Å²) in [5.74, 6) is 0. The molecule has 0 radical (unpaired) electrons. The Hall–Kier alpha value is -0.380. The van der Waals surface area contributed by atoms with Crippen LogP contribution in [0.4, 0.5) is 0 Å². The normalized spacial score (nSPS) is 18.4. The summed E-state index contributed by atoms with van der Waals surface area (Å²) in [6, 6.07) is 8.40. The van der Waals surface area contributed by atoms with Gasteiger partial charge in [0.15, 0.2) is 0 Å². The molecule has 3 heteroatoms. The van der Waals surface area contributed by atoms with E-state index in [1.165, 1.54) is 37.7 Å². The number of hydrogen-bond donors (Lipinski definition) is 1. The molecule has 2 nitrogen and oxygen atoms in total. The van der Waals surface area contributed by atoms with Crippen molar-refractivity contribution in [1.82, 2.24) is 5.32 Å². The van der Waals surface area contributed by atoms with Crippen molar-refractivity contribution < 1.29 is 4.74 Å². The first-order chi connectivity index (χ1) is 9.24. The van der Waals surface area contributed by atoms with E-state index in [1.807, 2.05) is 0 Å². The van der Waals surface area contributed by atoms with Crippen LogP contribution in [0.15, 0.2) is 28.7 Å².